The van der Waals surface area contributed by atoms with E-state index in [1.807, 2.05) is 0 Å². The second-order valence-electron chi connectivity index (χ2n) is 8.48. The summed E-state index contributed by atoms with van der Waals surface area (Å²) in [5.74, 6) is 1.79. The van der Waals surface area contributed by atoms with Crippen LogP contribution < -0.4 is 10.2 Å². The summed E-state index contributed by atoms with van der Waals surface area (Å²) in [5.41, 5.74) is 3.70. The molecule has 2 saturated heterocycles. The molecule has 2 fully saturated rings. The van der Waals surface area contributed by atoms with Gasteiger partial charge in [-0.1, -0.05) is 45.9 Å². The van der Waals surface area contributed by atoms with Gasteiger partial charge in [-0.2, -0.15) is 10.1 Å². The zero-order chi connectivity index (χ0) is 20.4. The molecule has 7 nitrogen and oxygen atoms in total. The smallest absolute Gasteiger partial charge is 0.247 e. The summed E-state index contributed by atoms with van der Waals surface area (Å²) in [6.45, 7) is 11.8. The number of rotatable bonds is 5. The molecule has 2 aliphatic rings. The van der Waals surface area contributed by atoms with Crippen LogP contribution in [0.2, 0.25) is 0 Å². The highest BCUT2D eigenvalue weighted by Crippen LogP contribution is 2.35. The standard InChI is InChI=1S/C22H31N5O2/c1-15(2)17-6-5-7-18(16(3)4)20(17)24-19-14-23-26-21(25-19)27-10-8-22(9-11-27)28-12-13-29-22/h5-7,14-16H,8-13H2,1-4H3,(H,24,25,26). The molecule has 0 atom stereocenters. The predicted octanol–water partition coefficient (Wildman–Crippen LogP) is 4.21. The third kappa shape index (κ3) is 4.21. The fourth-order valence-corrected chi connectivity index (χ4v) is 4.14. The van der Waals surface area contributed by atoms with Gasteiger partial charge in [-0.3, -0.25) is 0 Å². The first-order valence-electron chi connectivity index (χ1n) is 10.6. The molecule has 0 aliphatic carbocycles. The topological polar surface area (TPSA) is 72.4 Å². The van der Waals surface area contributed by atoms with Gasteiger partial charge < -0.3 is 19.7 Å². The van der Waals surface area contributed by atoms with Crippen LogP contribution in [0.3, 0.4) is 0 Å². The number of aromatic nitrogens is 3. The molecule has 156 valence electrons. The molecule has 0 amide bonds. The third-order valence-electron chi connectivity index (χ3n) is 5.80. The van der Waals surface area contributed by atoms with E-state index in [4.69, 9.17) is 14.5 Å². The van der Waals surface area contributed by atoms with Crippen molar-refractivity contribution < 1.29 is 9.47 Å². The average Bonchev–Trinajstić information content (AvgIpc) is 3.16. The maximum absolute atomic E-state index is 5.82. The van der Waals surface area contributed by atoms with Crippen LogP contribution in [0.5, 0.6) is 0 Å². The lowest BCUT2D eigenvalue weighted by atomic mass is 9.92. The Labute approximate surface area is 172 Å². The lowest BCUT2D eigenvalue weighted by Crippen LogP contribution is -2.45. The fourth-order valence-electron chi connectivity index (χ4n) is 4.14. The van der Waals surface area contributed by atoms with Crippen LogP contribution in [-0.4, -0.2) is 47.3 Å². The first-order chi connectivity index (χ1) is 14.0. The Balaban J connectivity index is 1.55. The van der Waals surface area contributed by atoms with Gasteiger partial charge in [0.2, 0.25) is 5.95 Å². The minimum Gasteiger partial charge on any atom is -0.347 e. The number of benzene rings is 1. The molecule has 4 rings (SSSR count). The quantitative estimate of drug-likeness (QED) is 0.810. The van der Waals surface area contributed by atoms with Crippen molar-refractivity contribution in [1.29, 1.82) is 0 Å². The lowest BCUT2D eigenvalue weighted by Gasteiger charge is -2.37. The van der Waals surface area contributed by atoms with Crippen molar-refractivity contribution in [2.75, 3.05) is 36.5 Å². The number of nitrogens with one attached hydrogen (secondary N) is 1. The number of anilines is 3. The number of hydrogen-bond acceptors (Lipinski definition) is 7. The summed E-state index contributed by atoms with van der Waals surface area (Å²) in [7, 11) is 0. The van der Waals surface area contributed by atoms with Crippen LogP contribution in [0.15, 0.2) is 24.4 Å². The SMILES string of the molecule is CC(C)c1cccc(C(C)C)c1Nc1cnnc(N2CCC3(CC2)OCCO3)n1. The van der Waals surface area contributed by atoms with Gasteiger partial charge in [0.15, 0.2) is 11.6 Å². The molecule has 3 heterocycles. The summed E-state index contributed by atoms with van der Waals surface area (Å²) in [4.78, 5) is 6.93. The summed E-state index contributed by atoms with van der Waals surface area (Å²) >= 11 is 0. The fraction of sp³-hybridized carbons (Fsp3) is 0.591. The average molecular weight is 398 g/mol. The molecule has 2 aliphatic heterocycles. The van der Waals surface area contributed by atoms with Gasteiger partial charge in [0.05, 0.1) is 19.4 Å². The Morgan fingerprint density at radius 2 is 1.62 bits per heavy atom. The van der Waals surface area contributed by atoms with E-state index in [0.717, 1.165) is 37.4 Å². The van der Waals surface area contributed by atoms with Crippen molar-refractivity contribution in [3.05, 3.63) is 35.5 Å². The molecule has 1 N–H and O–H groups in total. The molecule has 1 spiro atoms. The van der Waals surface area contributed by atoms with Crippen molar-refractivity contribution in [1.82, 2.24) is 15.2 Å². The van der Waals surface area contributed by atoms with Crippen LogP contribution in [-0.2, 0) is 9.47 Å². The molecule has 29 heavy (non-hydrogen) atoms. The second kappa shape index (κ2) is 8.24. The zero-order valence-electron chi connectivity index (χ0n) is 17.8. The first kappa shape index (κ1) is 20.0. The van der Waals surface area contributed by atoms with Crippen LogP contribution in [0.1, 0.15) is 63.5 Å². The third-order valence-corrected chi connectivity index (χ3v) is 5.80. The molecule has 0 bridgehead atoms. The summed E-state index contributed by atoms with van der Waals surface area (Å²) < 4.78 is 11.6. The molecule has 0 radical (unpaired) electrons. The molecule has 1 aromatic carbocycles. The van der Waals surface area contributed by atoms with Crippen LogP contribution in [0, 0.1) is 0 Å². The minimum absolute atomic E-state index is 0.401. The maximum atomic E-state index is 5.82. The number of nitrogens with zero attached hydrogens (tertiary/aromatic N) is 4. The minimum atomic E-state index is -0.401. The zero-order valence-corrected chi connectivity index (χ0v) is 17.8. The van der Waals surface area contributed by atoms with E-state index in [-0.39, 0.29) is 0 Å². The van der Waals surface area contributed by atoms with Gasteiger partial charge in [0.1, 0.15) is 0 Å². The first-order valence-corrected chi connectivity index (χ1v) is 10.6. The Bertz CT molecular complexity index is 813. The van der Waals surface area contributed by atoms with Crippen molar-refractivity contribution in [3.8, 4) is 0 Å². The molecule has 7 heteroatoms. The Morgan fingerprint density at radius 3 is 2.21 bits per heavy atom. The lowest BCUT2D eigenvalue weighted by molar-refractivity contribution is -0.169. The molecular weight excluding hydrogens is 366 g/mol. The Kier molecular flexibility index (Phi) is 5.69. The largest absolute Gasteiger partial charge is 0.347 e. The van der Waals surface area contributed by atoms with Crippen molar-refractivity contribution in [2.45, 2.75) is 58.2 Å². The second-order valence-corrected chi connectivity index (χ2v) is 8.48. The Morgan fingerprint density at radius 1 is 1.00 bits per heavy atom. The maximum Gasteiger partial charge on any atom is 0.247 e. The van der Waals surface area contributed by atoms with Crippen LogP contribution >= 0.6 is 0 Å². The molecule has 0 saturated carbocycles. The molecule has 0 unspecified atom stereocenters. The number of piperidine rings is 1. The van der Waals surface area contributed by atoms with Crippen molar-refractivity contribution >= 4 is 17.5 Å². The number of hydrogen-bond donors (Lipinski definition) is 1. The van der Waals surface area contributed by atoms with Crippen LogP contribution in [0.4, 0.5) is 17.5 Å². The molecule has 2 aromatic rings. The van der Waals surface area contributed by atoms with Gasteiger partial charge in [-0.25, -0.2) is 0 Å². The summed E-state index contributed by atoms with van der Waals surface area (Å²) in [6, 6.07) is 6.50. The molecular formula is C22H31N5O2. The normalized spacial score (nSPS) is 18.8. The van der Waals surface area contributed by atoms with E-state index in [2.05, 4.69) is 66.3 Å². The number of ether oxygens (including phenoxy) is 2. The Hall–Kier alpha value is -2.25. The summed E-state index contributed by atoms with van der Waals surface area (Å²) in [5, 5.41) is 12.0. The molecule has 1 aromatic heterocycles. The van der Waals surface area contributed by atoms with E-state index in [9.17, 15) is 0 Å². The van der Waals surface area contributed by atoms with Crippen molar-refractivity contribution in [2.24, 2.45) is 0 Å². The highest BCUT2D eigenvalue weighted by atomic mass is 16.7. The van der Waals surface area contributed by atoms with Crippen LogP contribution in [0.25, 0.3) is 0 Å². The monoisotopic (exact) mass is 397 g/mol. The van der Waals surface area contributed by atoms with E-state index in [1.54, 1.807) is 6.20 Å². The van der Waals surface area contributed by atoms with Gasteiger partial charge in [-0.15, -0.1) is 5.10 Å². The highest BCUT2D eigenvalue weighted by molar-refractivity contribution is 5.66. The highest BCUT2D eigenvalue weighted by Gasteiger charge is 2.40. The number of para-hydroxylation sites is 1. The van der Waals surface area contributed by atoms with Gasteiger partial charge >= 0.3 is 0 Å². The van der Waals surface area contributed by atoms with E-state index in [1.165, 1.54) is 11.1 Å². The predicted molar refractivity (Wildman–Crippen MR) is 114 cm³/mol. The summed E-state index contributed by atoms with van der Waals surface area (Å²) in [6.07, 6.45) is 3.34. The van der Waals surface area contributed by atoms with Gasteiger partial charge in [-0.05, 0) is 23.0 Å². The van der Waals surface area contributed by atoms with Crippen molar-refractivity contribution in [3.63, 3.8) is 0 Å². The van der Waals surface area contributed by atoms with E-state index >= 15 is 0 Å². The van der Waals surface area contributed by atoms with Gasteiger partial charge in [0.25, 0.3) is 0 Å². The van der Waals surface area contributed by atoms with E-state index < -0.39 is 5.79 Å². The van der Waals surface area contributed by atoms with Gasteiger partial charge in [0, 0.05) is 31.6 Å². The van der Waals surface area contributed by atoms with E-state index in [0.29, 0.717) is 31.0 Å².